The van der Waals surface area contributed by atoms with E-state index >= 15 is 0 Å². The normalized spacial score (nSPS) is 15.8. The molecule has 1 N–H and O–H groups in total. The minimum absolute atomic E-state index is 0.225. The zero-order valence-corrected chi connectivity index (χ0v) is 13.5. The molecule has 0 spiro atoms. The molecule has 0 aliphatic heterocycles. The lowest BCUT2D eigenvalue weighted by Crippen LogP contribution is -2.30. The summed E-state index contributed by atoms with van der Waals surface area (Å²) < 4.78 is 33.1. The average molecular weight is 316 g/mol. The Morgan fingerprint density at radius 1 is 1.52 bits per heavy atom. The van der Waals surface area contributed by atoms with Gasteiger partial charge >= 0.3 is 0 Å². The Labute approximate surface area is 126 Å². The first-order valence-electron chi connectivity index (χ1n) is 7.25. The lowest BCUT2D eigenvalue weighted by atomic mass is 10.5. The van der Waals surface area contributed by atoms with Gasteiger partial charge in [-0.05, 0) is 25.8 Å². The van der Waals surface area contributed by atoms with Gasteiger partial charge in [-0.15, -0.1) is 0 Å². The zero-order valence-electron chi connectivity index (χ0n) is 12.7. The highest BCUT2D eigenvalue weighted by atomic mass is 32.2. The van der Waals surface area contributed by atoms with Gasteiger partial charge in [0.15, 0.2) is 0 Å². The summed E-state index contributed by atoms with van der Waals surface area (Å²) in [6, 6.07) is 0. The van der Waals surface area contributed by atoms with E-state index in [1.807, 2.05) is 7.05 Å². The van der Waals surface area contributed by atoms with Crippen LogP contribution < -0.4 is 5.32 Å². The van der Waals surface area contributed by atoms with Gasteiger partial charge in [0, 0.05) is 32.9 Å². The minimum Gasteiger partial charge on any atom is -0.380 e. The van der Waals surface area contributed by atoms with E-state index in [-0.39, 0.29) is 4.90 Å². The molecule has 0 unspecified atom stereocenters. The molecule has 120 valence electrons. The number of aromatic nitrogens is 2. The van der Waals surface area contributed by atoms with E-state index < -0.39 is 10.0 Å². The van der Waals surface area contributed by atoms with E-state index in [9.17, 15) is 8.42 Å². The maximum atomic E-state index is 12.4. The van der Waals surface area contributed by atoms with Crippen molar-refractivity contribution in [3.63, 3.8) is 0 Å². The van der Waals surface area contributed by atoms with Crippen LogP contribution in [0.25, 0.3) is 0 Å². The van der Waals surface area contributed by atoms with Crippen LogP contribution in [-0.4, -0.2) is 62.9 Å². The van der Waals surface area contributed by atoms with Crippen molar-refractivity contribution in [1.82, 2.24) is 19.4 Å². The molecule has 0 aromatic carbocycles. The van der Waals surface area contributed by atoms with Crippen LogP contribution in [0.1, 0.15) is 12.8 Å². The van der Waals surface area contributed by atoms with Crippen molar-refractivity contribution in [2.24, 2.45) is 5.92 Å². The lowest BCUT2D eigenvalue weighted by molar-refractivity contribution is 0.117. The standard InChI is InChI=1S/C13H24N4O3S/c1-14-5-6-17-10-13(9-15-17)21(18,19)16(2)7-8-20-11-12-3-4-12/h9-10,12,14H,3-8,11H2,1-2H3. The number of sulfonamides is 1. The lowest BCUT2D eigenvalue weighted by Gasteiger charge is -2.15. The second kappa shape index (κ2) is 7.35. The van der Waals surface area contributed by atoms with Gasteiger partial charge in [0.2, 0.25) is 10.0 Å². The van der Waals surface area contributed by atoms with Gasteiger partial charge in [0.05, 0.1) is 19.3 Å². The van der Waals surface area contributed by atoms with Crippen LogP contribution in [0.4, 0.5) is 0 Å². The molecule has 1 fully saturated rings. The Kier molecular flexibility index (Phi) is 5.74. The van der Waals surface area contributed by atoms with Crippen molar-refractivity contribution in [3.8, 4) is 0 Å². The molecular formula is C13H24N4O3S. The zero-order chi connectivity index (χ0) is 15.3. The van der Waals surface area contributed by atoms with Crippen LogP contribution in [0, 0.1) is 5.92 Å². The molecule has 1 saturated carbocycles. The molecule has 1 aromatic heterocycles. The Morgan fingerprint density at radius 3 is 2.95 bits per heavy atom. The quantitative estimate of drug-likeness (QED) is 0.622. The van der Waals surface area contributed by atoms with Crippen molar-refractivity contribution in [1.29, 1.82) is 0 Å². The van der Waals surface area contributed by atoms with Gasteiger partial charge in [-0.1, -0.05) is 0 Å². The second-order valence-electron chi connectivity index (χ2n) is 5.39. The van der Waals surface area contributed by atoms with E-state index in [1.165, 1.54) is 23.3 Å². The molecule has 21 heavy (non-hydrogen) atoms. The van der Waals surface area contributed by atoms with E-state index in [0.29, 0.717) is 25.6 Å². The Hall–Kier alpha value is -0.960. The first kappa shape index (κ1) is 16.4. The molecule has 0 amide bonds. The number of likely N-dealkylation sites (N-methyl/N-ethyl adjacent to an activating group) is 2. The fraction of sp³-hybridized carbons (Fsp3) is 0.769. The monoisotopic (exact) mass is 316 g/mol. The molecule has 1 heterocycles. The van der Waals surface area contributed by atoms with Crippen LogP contribution >= 0.6 is 0 Å². The summed E-state index contributed by atoms with van der Waals surface area (Å²) in [7, 11) is -0.0647. The number of nitrogens with zero attached hydrogens (tertiary/aromatic N) is 3. The van der Waals surface area contributed by atoms with Crippen LogP contribution in [0.3, 0.4) is 0 Å². The molecule has 0 atom stereocenters. The van der Waals surface area contributed by atoms with E-state index in [1.54, 1.807) is 17.9 Å². The summed E-state index contributed by atoms with van der Waals surface area (Å²) in [5.74, 6) is 0.692. The second-order valence-corrected chi connectivity index (χ2v) is 7.43. The average Bonchev–Trinajstić information content (AvgIpc) is 3.16. The molecule has 8 heteroatoms. The maximum absolute atomic E-state index is 12.4. The maximum Gasteiger partial charge on any atom is 0.246 e. The van der Waals surface area contributed by atoms with Gasteiger partial charge < -0.3 is 10.1 Å². The molecule has 1 aliphatic rings. The third kappa shape index (κ3) is 4.77. The topological polar surface area (TPSA) is 76.5 Å². The van der Waals surface area contributed by atoms with Crippen molar-refractivity contribution in [2.45, 2.75) is 24.3 Å². The first-order chi connectivity index (χ1) is 10.0. The van der Waals surface area contributed by atoms with Crippen LogP contribution in [0.15, 0.2) is 17.3 Å². The molecule has 1 aromatic rings. The van der Waals surface area contributed by atoms with Crippen LogP contribution in [0.2, 0.25) is 0 Å². The smallest absolute Gasteiger partial charge is 0.246 e. The number of ether oxygens (including phenoxy) is 1. The van der Waals surface area contributed by atoms with Gasteiger partial charge in [0.25, 0.3) is 0 Å². The fourth-order valence-corrected chi connectivity index (χ4v) is 2.96. The van der Waals surface area contributed by atoms with Crippen molar-refractivity contribution in [2.75, 3.05) is 40.4 Å². The summed E-state index contributed by atoms with van der Waals surface area (Å²) in [5.41, 5.74) is 0. The van der Waals surface area contributed by atoms with Gasteiger partial charge in [-0.25, -0.2) is 8.42 Å². The summed E-state index contributed by atoms with van der Waals surface area (Å²) in [5, 5.41) is 7.07. The number of nitrogens with one attached hydrogen (secondary N) is 1. The largest absolute Gasteiger partial charge is 0.380 e. The predicted octanol–water partition coefficient (Wildman–Crippen LogP) is 0.150. The Bertz CT molecular complexity index is 539. The molecule has 7 nitrogen and oxygen atoms in total. The summed E-state index contributed by atoms with van der Waals surface area (Å²) >= 11 is 0. The third-order valence-electron chi connectivity index (χ3n) is 3.51. The summed E-state index contributed by atoms with van der Waals surface area (Å²) in [4.78, 5) is 0.225. The molecule has 2 rings (SSSR count). The molecule has 0 bridgehead atoms. The number of rotatable bonds is 10. The molecule has 0 radical (unpaired) electrons. The van der Waals surface area contributed by atoms with Gasteiger partial charge in [0.1, 0.15) is 4.90 Å². The van der Waals surface area contributed by atoms with Gasteiger partial charge in [-0.2, -0.15) is 9.40 Å². The minimum atomic E-state index is -3.48. The van der Waals surface area contributed by atoms with Crippen molar-refractivity contribution >= 4 is 10.0 Å². The molecule has 1 aliphatic carbocycles. The third-order valence-corrected chi connectivity index (χ3v) is 5.32. The van der Waals surface area contributed by atoms with E-state index in [0.717, 1.165) is 13.2 Å². The molecular weight excluding hydrogens is 292 g/mol. The summed E-state index contributed by atoms with van der Waals surface area (Å²) in [6.45, 7) is 2.92. The molecule has 0 saturated heterocycles. The Balaban J connectivity index is 1.84. The predicted molar refractivity (Wildman–Crippen MR) is 79.5 cm³/mol. The van der Waals surface area contributed by atoms with Crippen molar-refractivity contribution < 1.29 is 13.2 Å². The van der Waals surface area contributed by atoms with Gasteiger partial charge in [-0.3, -0.25) is 4.68 Å². The highest BCUT2D eigenvalue weighted by Crippen LogP contribution is 2.28. The van der Waals surface area contributed by atoms with Crippen molar-refractivity contribution in [3.05, 3.63) is 12.4 Å². The highest BCUT2D eigenvalue weighted by Gasteiger charge is 2.24. The van der Waals surface area contributed by atoms with E-state index in [4.69, 9.17) is 4.74 Å². The van der Waals surface area contributed by atoms with Crippen LogP contribution in [0.5, 0.6) is 0 Å². The number of hydrogen-bond donors (Lipinski definition) is 1. The first-order valence-corrected chi connectivity index (χ1v) is 8.69. The number of hydrogen-bond acceptors (Lipinski definition) is 5. The highest BCUT2D eigenvalue weighted by molar-refractivity contribution is 7.89. The Morgan fingerprint density at radius 2 is 2.29 bits per heavy atom. The summed E-state index contributed by atoms with van der Waals surface area (Å²) in [6.07, 6.45) is 5.43. The fourth-order valence-electron chi connectivity index (χ4n) is 1.85. The SMILES string of the molecule is CNCCn1cc(S(=O)(=O)N(C)CCOCC2CC2)cn1. The van der Waals surface area contributed by atoms with E-state index in [2.05, 4.69) is 10.4 Å². The van der Waals surface area contributed by atoms with Crippen LogP contribution in [-0.2, 0) is 21.3 Å².